The molecule has 0 aliphatic carbocycles. The summed E-state index contributed by atoms with van der Waals surface area (Å²) in [6.45, 7) is 6.05. The lowest BCUT2D eigenvalue weighted by atomic mass is 10.2. The normalized spacial score (nSPS) is 12.4. The molecule has 4 heteroatoms. The van der Waals surface area contributed by atoms with E-state index in [0.29, 0.717) is 18.9 Å². The van der Waals surface area contributed by atoms with Crippen LogP contribution in [0.5, 0.6) is 5.75 Å². The Morgan fingerprint density at radius 3 is 2.78 bits per heavy atom. The monoisotopic (exact) mass is 255 g/mol. The summed E-state index contributed by atoms with van der Waals surface area (Å²) in [5.41, 5.74) is 0.892. The Bertz CT molecular complexity index is 358. The Labute approximate surface area is 108 Å². The molecule has 0 radical (unpaired) electrons. The molecule has 3 nitrogen and oxygen atoms in total. The van der Waals surface area contributed by atoms with Crippen LogP contribution in [-0.4, -0.2) is 26.4 Å². The van der Waals surface area contributed by atoms with E-state index in [-0.39, 0.29) is 11.9 Å². The van der Waals surface area contributed by atoms with Crippen molar-refractivity contribution in [1.29, 1.82) is 0 Å². The highest BCUT2D eigenvalue weighted by molar-refractivity contribution is 5.29. The minimum Gasteiger partial charge on any atom is -0.488 e. The summed E-state index contributed by atoms with van der Waals surface area (Å²) in [7, 11) is 1.62. The van der Waals surface area contributed by atoms with E-state index in [1.54, 1.807) is 7.11 Å². The summed E-state index contributed by atoms with van der Waals surface area (Å²) in [6, 6.07) is 4.78. The van der Waals surface area contributed by atoms with Crippen LogP contribution in [0.1, 0.15) is 25.8 Å². The molecule has 102 valence electrons. The van der Waals surface area contributed by atoms with Gasteiger partial charge in [-0.2, -0.15) is 0 Å². The Morgan fingerprint density at radius 2 is 2.11 bits per heavy atom. The SMILES string of the molecule is CCCNCc1cc(F)cc(OC(C)COC)c1. The van der Waals surface area contributed by atoms with E-state index in [1.165, 1.54) is 12.1 Å². The van der Waals surface area contributed by atoms with Gasteiger partial charge in [-0.3, -0.25) is 0 Å². The number of hydrogen-bond donors (Lipinski definition) is 1. The van der Waals surface area contributed by atoms with Crippen molar-refractivity contribution in [2.75, 3.05) is 20.3 Å². The van der Waals surface area contributed by atoms with Crippen molar-refractivity contribution in [3.05, 3.63) is 29.6 Å². The summed E-state index contributed by atoms with van der Waals surface area (Å²) in [4.78, 5) is 0. The molecule has 0 saturated heterocycles. The van der Waals surface area contributed by atoms with Crippen molar-refractivity contribution < 1.29 is 13.9 Å². The minimum atomic E-state index is -0.273. The van der Waals surface area contributed by atoms with Gasteiger partial charge in [0.05, 0.1) is 6.61 Å². The summed E-state index contributed by atoms with van der Waals surface area (Å²) in [5, 5.41) is 3.24. The van der Waals surface area contributed by atoms with Crippen LogP contribution in [0.15, 0.2) is 18.2 Å². The second-order valence-electron chi connectivity index (χ2n) is 4.36. The minimum absolute atomic E-state index is 0.0896. The van der Waals surface area contributed by atoms with Gasteiger partial charge in [0.1, 0.15) is 17.7 Å². The van der Waals surface area contributed by atoms with Crippen LogP contribution >= 0.6 is 0 Å². The molecule has 1 atom stereocenters. The molecule has 0 amide bonds. The lowest BCUT2D eigenvalue weighted by molar-refractivity contribution is 0.0918. The fourth-order valence-electron chi connectivity index (χ4n) is 1.70. The van der Waals surface area contributed by atoms with Crippen molar-refractivity contribution in [2.24, 2.45) is 0 Å². The van der Waals surface area contributed by atoms with Gasteiger partial charge >= 0.3 is 0 Å². The lowest BCUT2D eigenvalue weighted by Crippen LogP contribution is -2.18. The highest BCUT2D eigenvalue weighted by Crippen LogP contribution is 2.18. The molecule has 0 aliphatic rings. The number of rotatable bonds is 8. The van der Waals surface area contributed by atoms with E-state index in [0.717, 1.165) is 18.5 Å². The van der Waals surface area contributed by atoms with Crippen LogP contribution in [-0.2, 0) is 11.3 Å². The van der Waals surface area contributed by atoms with Crippen molar-refractivity contribution in [1.82, 2.24) is 5.32 Å². The molecule has 0 heterocycles. The summed E-state index contributed by atoms with van der Waals surface area (Å²) >= 11 is 0. The van der Waals surface area contributed by atoms with Gasteiger partial charge in [0.25, 0.3) is 0 Å². The van der Waals surface area contributed by atoms with E-state index >= 15 is 0 Å². The fourth-order valence-corrected chi connectivity index (χ4v) is 1.70. The van der Waals surface area contributed by atoms with Crippen LogP contribution in [0.4, 0.5) is 4.39 Å². The summed E-state index contributed by atoms with van der Waals surface area (Å²) in [5.74, 6) is 0.276. The summed E-state index contributed by atoms with van der Waals surface area (Å²) < 4.78 is 24.0. The Hall–Kier alpha value is -1.13. The molecule has 0 bridgehead atoms. The van der Waals surface area contributed by atoms with Gasteiger partial charge in [-0.25, -0.2) is 4.39 Å². The number of ether oxygens (including phenoxy) is 2. The fraction of sp³-hybridized carbons (Fsp3) is 0.571. The highest BCUT2D eigenvalue weighted by Gasteiger charge is 2.06. The van der Waals surface area contributed by atoms with Crippen molar-refractivity contribution in [2.45, 2.75) is 32.9 Å². The molecule has 0 aliphatic heterocycles. The van der Waals surface area contributed by atoms with E-state index in [2.05, 4.69) is 12.2 Å². The number of hydrogen-bond acceptors (Lipinski definition) is 3. The van der Waals surface area contributed by atoms with Gasteiger partial charge in [-0.05, 0) is 37.6 Å². The second-order valence-corrected chi connectivity index (χ2v) is 4.36. The van der Waals surface area contributed by atoms with Crippen molar-refractivity contribution in [3.8, 4) is 5.75 Å². The molecular weight excluding hydrogens is 233 g/mol. The first kappa shape index (κ1) is 14.9. The van der Waals surface area contributed by atoms with E-state index in [9.17, 15) is 4.39 Å². The Morgan fingerprint density at radius 1 is 1.33 bits per heavy atom. The third-order valence-electron chi connectivity index (χ3n) is 2.43. The summed E-state index contributed by atoms with van der Waals surface area (Å²) in [6.07, 6.45) is 0.969. The largest absolute Gasteiger partial charge is 0.488 e. The quantitative estimate of drug-likeness (QED) is 0.725. The third kappa shape index (κ3) is 5.47. The maximum Gasteiger partial charge on any atom is 0.127 e. The van der Waals surface area contributed by atoms with E-state index in [1.807, 2.05) is 13.0 Å². The topological polar surface area (TPSA) is 30.5 Å². The maximum absolute atomic E-state index is 13.4. The molecule has 1 rings (SSSR count). The highest BCUT2D eigenvalue weighted by atomic mass is 19.1. The number of benzene rings is 1. The standard InChI is InChI=1S/C14H22FNO2/c1-4-5-16-9-12-6-13(15)8-14(7-12)18-11(2)10-17-3/h6-8,11,16H,4-5,9-10H2,1-3H3. The lowest BCUT2D eigenvalue weighted by Gasteiger charge is -2.15. The second kappa shape index (κ2) is 8.06. The first-order valence-electron chi connectivity index (χ1n) is 6.31. The molecule has 0 saturated carbocycles. The van der Waals surface area contributed by atoms with Gasteiger partial charge in [0.2, 0.25) is 0 Å². The van der Waals surface area contributed by atoms with Crippen LogP contribution in [0.3, 0.4) is 0 Å². The molecule has 1 aromatic rings. The van der Waals surface area contributed by atoms with Gasteiger partial charge in [0, 0.05) is 19.7 Å². The molecule has 0 aromatic heterocycles. The Balaban J connectivity index is 2.62. The molecule has 0 fully saturated rings. The first-order chi connectivity index (χ1) is 8.65. The molecular formula is C14H22FNO2. The van der Waals surface area contributed by atoms with E-state index < -0.39 is 0 Å². The van der Waals surface area contributed by atoms with Crippen LogP contribution < -0.4 is 10.1 Å². The average Bonchev–Trinajstić information content (AvgIpc) is 2.28. The predicted molar refractivity (Wildman–Crippen MR) is 70.4 cm³/mol. The number of halogens is 1. The predicted octanol–water partition coefficient (Wildman–Crippen LogP) is 2.74. The molecule has 1 aromatic carbocycles. The van der Waals surface area contributed by atoms with Gasteiger partial charge in [-0.1, -0.05) is 6.92 Å². The zero-order valence-corrected chi connectivity index (χ0v) is 11.3. The van der Waals surface area contributed by atoms with Crippen LogP contribution in [0.2, 0.25) is 0 Å². The molecule has 1 N–H and O–H groups in total. The van der Waals surface area contributed by atoms with Gasteiger partial charge in [0.15, 0.2) is 0 Å². The zero-order chi connectivity index (χ0) is 13.4. The van der Waals surface area contributed by atoms with Crippen molar-refractivity contribution in [3.63, 3.8) is 0 Å². The van der Waals surface area contributed by atoms with E-state index in [4.69, 9.17) is 9.47 Å². The van der Waals surface area contributed by atoms with Gasteiger partial charge < -0.3 is 14.8 Å². The average molecular weight is 255 g/mol. The molecule has 0 spiro atoms. The van der Waals surface area contributed by atoms with Crippen LogP contribution in [0, 0.1) is 5.82 Å². The molecule has 18 heavy (non-hydrogen) atoms. The third-order valence-corrected chi connectivity index (χ3v) is 2.43. The smallest absolute Gasteiger partial charge is 0.127 e. The maximum atomic E-state index is 13.4. The van der Waals surface area contributed by atoms with Gasteiger partial charge in [-0.15, -0.1) is 0 Å². The first-order valence-corrected chi connectivity index (χ1v) is 6.31. The number of methoxy groups -OCH3 is 1. The number of nitrogens with one attached hydrogen (secondary N) is 1. The zero-order valence-electron chi connectivity index (χ0n) is 11.3. The Kier molecular flexibility index (Phi) is 6.68. The van der Waals surface area contributed by atoms with Crippen molar-refractivity contribution >= 4 is 0 Å². The molecule has 1 unspecified atom stereocenters. The van der Waals surface area contributed by atoms with Crippen LogP contribution in [0.25, 0.3) is 0 Å².